The number of carbonyl (C=O) groups excluding carboxylic acids is 1. The highest BCUT2D eigenvalue weighted by Gasteiger charge is 2.13. The molecule has 0 aliphatic carbocycles. The number of ether oxygens (including phenoxy) is 2. The first-order valence-corrected chi connectivity index (χ1v) is 6.96. The second-order valence-electron chi connectivity index (χ2n) is 4.62. The van der Waals surface area contributed by atoms with Crippen LogP contribution in [0, 0.1) is 0 Å². The van der Waals surface area contributed by atoms with Crippen LogP contribution in [0.15, 0.2) is 12.1 Å². The zero-order chi connectivity index (χ0) is 15.8. The second kappa shape index (κ2) is 8.36. The van der Waals surface area contributed by atoms with Crippen molar-refractivity contribution in [3.8, 4) is 11.5 Å². The van der Waals surface area contributed by atoms with Crippen molar-refractivity contribution in [2.24, 2.45) is 0 Å². The molecule has 3 N–H and O–H groups in total. The normalized spacial score (nSPS) is 10.3. The Hall–Kier alpha value is -1.95. The first-order chi connectivity index (χ1) is 10.1. The van der Waals surface area contributed by atoms with Crippen molar-refractivity contribution in [3.63, 3.8) is 0 Å². The summed E-state index contributed by atoms with van der Waals surface area (Å²) < 4.78 is 10.4. The number of aryl methyl sites for hydroxylation is 1. The van der Waals surface area contributed by atoms with Crippen LogP contribution in [0.25, 0.3) is 0 Å². The van der Waals surface area contributed by atoms with Gasteiger partial charge in [0.2, 0.25) is 5.91 Å². The highest BCUT2D eigenvalue weighted by Crippen LogP contribution is 2.34. The van der Waals surface area contributed by atoms with E-state index in [0.29, 0.717) is 43.1 Å². The molecule has 0 fully saturated rings. The van der Waals surface area contributed by atoms with Crippen molar-refractivity contribution >= 4 is 11.6 Å². The van der Waals surface area contributed by atoms with Gasteiger partial charge in [-0.2, -0.15) is 0 Å². The van der Waals surface area contributed by atoms with Crippen LogP contribution in [0.4, 0.5) is 5.69 Å². The number of likely N-dealkylation sites (N-methyl/N-ethyl adjacent to an activating group) is 1. The Balaban J connectivity index is 2.75. The Labute approximate surface area is 125 Å². The molecular formula is C15H24N2O4. The lowest BCUT2D eigenvalue weighted by molar-refractivity contribution is -0.131. The molecule has 0 aliphatic rings. The van der Waals surface area contributed by atoms with Gasteiger partial charge in [0, 0.05) is 19.5 Å². The average molecular weight is 296 g/mol. The maximum atomic E-state index is 12.0. The molecule has 0 spiro atoms. The van der Waals surface area contributed by atoms with Gasteiger partial charge in [-0.05, 0) is 31.0 Å². The predicted octanol–water partition coefficient (Wildman–Crippen LogP) is 1.06. The van der Waals surface area contributed by atoms with Gasteiger partial charge in [0.15, 0.2) is 11.5 Å². The summed E-state index contributed by atoms with van der Waals surface area (Å²) in [4.78, 5) is 13.7. The summed E-state index contributed by atoms with van der Waals surface area (Å²) in [7, 11) is 3.08. The van der Waals surface area contributed by atoms with Crippen molar-refractivity contribution in [2.45, 2.75) is 19.8 Å². The number of nitrogens with zero attached hydrogens (tertiary/aromatic N) is 1. The molecule has 0 radical (unpaired) electrons. The van der Waals surface area contributed by atoms with Gasteiger partial charge in [0.05, 0.1) is 26.5 Å². The Morgan fingerprint density at radius 3 is 2.57 bits per heavy atom. The fourth-order valence-corrected chi connectivity index (χ4v) is 2.19. The van der Waals surface area contributed by atoms with Gasteiger partial charge in [0.1, 0.15) is 0 Å². The molecule has 0 atom stereocenters. The summed E-state index contributed by atoms with van der Waals surface area (Å²) in [6.07, 6.45) is 0.925. The minimum atomic E-state index is -0.0249. The summed E-state index contributed by atoms with van der Waals surface area (Å²) in [5, 5.41) is 8.92. The summed E-state index contributed by atoms with van der Waals surface area (Å²) in [6.45, 7) is 2.82. The van der Waals surface area contributed by atoms with Crippen LogP contribution >= 0.6 is 0 Å². The number of anilines is 1. The van der Waals surface area contributed by atoms with Crippen LogP contribution in [0.2, 0.25) is 0 Å². The summed E-state index contributed by atoms with van der Waals surface area (Å²) in [5.41, 5.74) is 7.32. The first kappa shape index (κ1) is 17.1. The summed E-state index contributed by atoms with van der Waals surface area (Å²) >= 11 is 0. The standard InChI is InChI=1S/C15H24N2O4/c1-4-17(7-8-18)14(19)6-5-11-9-12(16)15(21-3)13(10-11)20-2/h9-10,18H,4-8,16H2,1-3H3. The van der Waals surface area contributed by atoms with Crippen molar-refractivity contribution in [3.05, 3.63) is 17.7 Å². The second-order valence-corrected chi connectivity index (χ2v) is 4.62. The van der Waals surface area contributed by atoms with Gasteiger partial charge in [-0.3, -0.25) is 4.79 Å². The topological polar surface area (TPSA) is 85.0 Å². The number of aliphatic hydroxyl groups excluding tert-OH is 1. The lowest BCUT2D eigenvalue weighted by atomic mass is 10.1. The van der Waals surface area contributed by atoms with E-state index in [0.717, 1.165) is 5.56 Å². The third-order valence-electron chi connectivity index (χ3n) is 3.30. The van der Waals surface area contributed by atoms with Crippen LogP contribution in [0.5, 0.6) is 11.5 Å². The van der Waals surface area contributed by atoms with Crippen molar-refractivity contribution in [1.29, 1.82) is 0 Å². The molecule has 1 aromatic carbocycles. The number of nitrogen functional groups attached to an aromatic ring is 1. The van der Waals surface area contributed by atoms with Gasteiger partial charge in [-0.25, -0.2) is 0 Å². The molecule has 1 rings (SSSR count). The van der Waals surface area contributed by atoms with Gasteiger partial charge in [0.25, 0.3) is 0 Å². The molecule has 0 heterocycles. The van der Waals surface area contributed by atoms with Crippen LogP contribution < -0.4 is 15.2 Å². The number of methoxy groups -OCH3 is 2. The fourth-order valence-electron chi connectivity index (χ4n) is 2.19. The molecule has 0 saturated carbocycles. The molecule has 1 amide bonds. The Morgan fingerprint density at radius 1 is 1.33 bits per heavy atom. The number of carbonyl (C=O) groups is 1. The fraction of sp³-hybridized carbons (Fsp3) is 0.533. The summed E-state index contributed by atoms with van der Waals surface area (Å²) in [5.74, 6) is 1.07. The molecule has 21 heavy (non-hydrogen) atoms. The van der Waals surface area contributed by atoms with Gasteiger partial charge in [-0.15, -0.1) is 0 Å². The number of aliphatic hydroxyl groups is 1. The quantitative estimate of drug-likeness (QED) is 0.701. The van der Waals surface area contributed by atoms with E-state index < -0.39 is 0 Å². The number of hydrogen-bond acceptors (Lipinski definition) is 5. The zero-order valence-corrected chi connectivity index (χ0v) is 12.9. The largest absolute Gasteiger partial charge is 0.493 e. The number of hydrogen-bond donors (Lipinski definition) is 2. The minimum Gasteiger partial charge on any atom is -0.493 e. The molecular weight excluding hydrogens is 272 g/mol. The summed E-state index contributed by atoms with van der Waals surface area (Å²) in [6, 6.07) is 3.61. The zero-order valence-electron chi connectivity index (χ0n) is 12.9. The third kappa shape index (κ3) is 4.53. The maximum absolute atomic E-state index is 12.0. The van der Waals surface area contributed by atoms with E-state index in [9.17, 15) is 4.79 Å². The molecule has 1 aromatic rings. The maximum Gasteiger partial charge on any atom is 0.222 e. The van der Waals surface area contributed by atoms with Crippen LogP contribution in [0.1, 0.15) is 18.9 Å². The molecule has 0 aliphatic heterocycles. The SMILES string of the molecule is CCN(CCO)C(=O)CCc1cc(N)c(OC)c(OC)c1. The van der Waals surface area contributed by atoms with Crippen LogP contribution in [0.3, 0.4) is 0 Å². The monoisotopic (exact) mass is 296 g/mol. The number of amides is 1. The number of benzene rings is 1. The molecule has 6 heteroatoms. The van der Waals surface area contributed by atoms with Crippen LogP contribution in [-0.4, -0.2) is 49.8 Å². The Bertz CT molecular complexity index is 477. The van der Waals surface area contributed by atoms with E-state index in [2.05, 4.69) is 0 Å². The van der Waals surface area contributed by atoms with Gasteiger partial charge in [-0.1, -0.05) is 0 Å². The molecule has 6 nitrogen and oxygen atoms in total. The van der Waals surface area contributed by atoms with Crippen molar-refractivity contribution in [2.75, 3.05) is 39.6 Å². The Kier molecular flexibility index (Phi) is 6.81. The highest BCUT2D eigenvalue weighted by molar-refractivity contribution is 5.76. The van der Waals surface area contributed by atoms with E-state index in [1.807, 2.05) is 13.0 Å². The first-order valence-electron chi connectivity index (χ1n) is 6.96. The van der Waals surface area contributed by atoms with E-state index in [4.69, 9.17) is 20.3 Å². The van der Waals surface area contributed by atoms with E-state index in [1.165, 1.54) is 7.11 Å². The molecule has 0 bridgehead atoms. The number of nitrogens with two attached hydrogens (primary N) is 1. The lowest BCUT2D eigenvalue weighted by Gasteiger charge is -2.19. The predicted molar refractivity (Wildman–Crippen MR) is 81.6 cm³/mol. The van der Waals surface area contributed by atoms with E-state index in [-0.39, 0.29) is 12.5 Å². The Morgan fingerprint density at radius 2 is 2.05 bits per heavy atom. The van der Waals surface area contributed by atoms with E-state index in [1.54, 1.807) is 18.1 Å². The average Bonchev–Trinajstić information content (AvgIpc) is 2.49. The van der Waals surface area contributed by atoms with Crippen molar-refractivity contribution in [1.82, 2.24) is 4.90 Å². The highest BCUT2D eigenvalue weighted by atomic mass is 16.5. The van der Waals surface area contributed by atoms with Crippen molar-refractivity contribution < 1.29 is 19.4 Å². The molecule has 0 aromatic heterocycles. The molecule has 0 saturated heterocycles. The molecule has 0 unspecified atom stereocenters. The smallest absolute Gasteiger partial charge is 0.222 e. The number of rotatable bonds is 8. The van der Waals surface area contributed by atoms with E-state index >= 15 is 0 Å². The van der Waals surface area contributed by atoms with Gasteiger partial charge < -0.3 is 25.2 Å². The third-order valence-corrected chi connectivity index (χ3v) is 3.30. The lowest BCUT2D eigenvalue weighted by Crippen LogP contribution is -2.33. The van der Waals surface area contributed by atoms with Crippen LogP contribution in [-0.2, 0) is 11.2 Å². The minimum absolute atomic E-state index is 0.0138. The molecule has 118 valence electrons. The van der Waals surface area contributed by atoms with Gasteiger partial charge >= 0.3 is 0 Å².